The number of nitrogens with two attached hydrogens (primary N) is 1. The third kappa shape index (κ3) is 2.35. The first-order valence-corrected chi connectivity index (χ1v) is 10.3. The second-order valence-electron chi connectivity index (χ2n) is 9.16. The standard InChI is InChI=1S/C23H25N3O/c24-23(26-22-15-7-12-6-13(9-15)10-16(22)8-12)25-19-5-4-14-11-20(27)18-3-1-2-17(19)21(14)18/h1-5,12-13,15-16,22H,6-11H2,(H3,24,25,26). The number of hydrogen-bond donors (Lipinski definition) is 2. The van der Waals surface area contributed by atoms with E-state index >= 15 is 0 Å². The Kier molecular flexibility index (Phi) is 3.23. The minimum absolute atomic E-state index is 0.211. The molecule has 4 saturated carbocycles. The SMILES string of the molecule is NC(=NC1C2CC3CC(C2)CC1C3)Nc1ccc2c3c(cccc13)C(=O)C2. The zero-order chi connectivity index (χ0) is 18.1. The minimum Gasteiger partial charge on any atom is -0.370 e. The summed E-state index contributed by atoms with van der Waals surface area (Å²) in [6.45, 7) is 0. The number of benzene rings is 2. The summed E-state index contributed by atoms with van der Waals surface area (Å²) >= 11 is 0. The Morgan fingerprint density at radius 3 is 2.48 bits per heavy atom. The number of guanidine groups is 1. The van der Waals surface area contributed by atoms with Crippen LogP contribution >= 0.6 is 0 Å². The van der Waals surface area contributed by atoms with Crippen LogP contribution in [0.4, 0.5) is 5.69 Å². The van der Waals surface area contributed by atoms with Gasteiger partial charge in [-0.15, -0.1) is 0 Å². The van der Waals surface area contributed by atoms with Crippen LogP contribution in [0.1, 0.15) is 48.0 Å². The topological polar surface area (TPSA) is 67.5 Å². The second kappa shape index (κ2) is 5.57. The Hall–Kier alpha value is -2.36. The highest BCUT2D eigenvalue weighted by Gasteiger charge is 2.48. The molecule has 5 aliphatic carbocycles. The van der Waals surface area contributed by atoms with Gasteiger partial charge in [0, 0.05) is 23.1 Å². The van der Waals surface area contributed by atoms with Crippen LogP contribution in [0.25, 0.3) is 10.8 Å². The summed E-state index contributed by atoms with van der Waals surface area (Å²) in [6.07, 6.45) is 7.34. The lowest BCUT2D eigenvalue weighted by molar-refractivity contribution is 0.00124. The fourth-order valence-electron chi connectivity index (χ4n) is 6.67. The first-order valence-electron chi connectivity index (χ1n) is 10.3. The largest absolute Gasteiger partial charge is 0.370 e. The molecule has 27 heavy (non-hydrogen) atoms. The minimum atomic E-state index is 0.211. The van der Waals surface area contributed by atoms with Gasteiger partial charge in [-0.1, -0.05) is 24.3 Å². The molecule has 4 bridgehead atoms. The molecule has 0 radical (unpaired) electrons. The molecule has 4 nitrogen and oxygen atoms in total. The van der Waals surface area contributed by atoms with Gasteiger partial charge in [-0.25, -0.2) is 4.99 Å². The second-order valence-corrected chi connectivity index (χ2v) is 9.16. The lowest BCUT2D eigenvalue weighted by Crippen LogP contribution is -2.48. The maximum atomic E-state index is 12.2. The van der Waals surface area contributed by atoms with Crippen LogP contribution in [0.3, 0.4) is 0 Å². The normalized spacial score (nSPS) is 33.9. The molecule has 0 aliphatic heterocycles. The Balaban J connectivity index is 1.32. The fourth-order valence-corrected chi connectivity index (χ4v) is 6.67. The molecule has 4 fully saturated rings. The Morgan fingerprint density at radius 2 is 1.74 bits per heavy atom. The monoisotopic (exact) mass is 359 g/mol. The number of anilines is 1. The molecule has 5 aliphatic rings. The lowest BCUT2D eigenvalue weighted by Gasteiger charge is -2.53. The number of hydrogen-bond acceptors (Lipinski definition) is 2. The van der Waals surface area contributed by atoms with Crippen LogP contribution in [0, 0.1) is 23.7 Å². The van der Waals surface area contributed by atoms with Gasteiger partial charge in [-0.3, -0.25) is 4.79 Å². The zero-order valence-electron chi connectivity index (χ0n) is 15.4. The maximum Gasteiger partial charge on any atom is 0.193 e. The lowest BCUT2D eigenvalue weighted by atomic mass is 9.54. The van der Waals surface area contributed by atoms with Crippen LogP contribution < -0.4 is 11.1 Å². The summed E-state index contributed by atoms with van der Waals surface area (Å²) in [4.78, 5) is 17.2. The van der Waals surface area contributed by atoms with Crippen molar-refractivity contribution in [2.45, 2.75) is 44.6 Å². The third-order valence-electron chi connectivity index (χ3n) is 7.51. The summed E-state index contributed by atoms with van der Waals surface area (Å²) in [5.74, 6) is 4.09. The average Bonchev–Trinajstić information content (AvgIpc) is 2.97. The Labute approximate surface area is 159 Å². The van der Waals surface area contributed by atoms with Gasteiger partial charge in [0.1, 0.15) is 0 Å². The molecular formula is C23H25N3O. The molecule has 0 atom stereocenters. The van der Waals surface area contributed by atoms with E-state index in [4.69, 9.17) is 10.7 Å². The molecule has 2 aromatic carbocycles. The first kappa shape index (κ1) is 15.7. The van der Waals surface area contributed by atoms with E-state index in [0.29, 0.717) is 18.4 Å². The molecule has 2 aromatic rings. The predicted molar refractivity (Wildman–Crippen MR) is 108 cm³/mol. The van der Waals surface area contributed by atoms with Crippen molar-refractivity contribution < 1.29 is 4.79 Å². The van der Waals surface area contributed by atoms with Crippen molar-refractivity contribution in [3.8, 4) is 0 Å². The van der Waals surface area contributed by atoms with Gasteiger partial charge in [0.2, 0.25) is 0 Å². The molecule has 0 aromatic heterocycles. The van der Waals surface area contributed by atoms with Gasteiger partial charge in [-0.2, -0.15) is 0 Å². The fraction of sp³-hybridized carbons (Fsp3) is 0.478. The Bertz CT molecular complexity index is 965. The maximum absolute atomic E-state index is 12.2. The smallest absolute Gasteiger partial charge is 0.193 e. The molecule has 0 unspecified atom stereocenters. The quantitative estimate of drug-likeness (QED) is 0.626. The van der Waals surface area contributed by atoms with Crippen molar-refractivity contribution in [3.63, 3.8) is 0 Å². The van der Waals surface area contributed by atoms with E-state index in [1.165, 1.54) is 32.1 Å². The molecule has 138 valence electrons. The van der Waals surface area contributed by atoms with Gasteiger partial charge in [-0.05, 0) is 72.8 Å². The molecule has 0 amide bonds. The predicted octanol–water partition coefficient (Wildman–Crippen LogP) is 4.13. The highest BCUT2D eigenvalue weighted by Crippen LogP contribution is 2.54. The van der Waals surface area contributed by atoms with Crippen molar-refractivity contribution in [2.24, 2.45) is 34.4 Å². The van der Waals surface area contributed by atoms with Gasteiger partial charge in [0.05, 0.1) is 6.04 Å². The third-order valence-corrected chi connectivity index (χ3v) is 7.51. The number of nitrogens with zero attached hydrogens (tertiary/aromatic N) is 1. The van der Waals surface area contributed by atoms with Crippen molar-refractivity contribution in [1.82, 2.24) is 0 Å². The van der Waals surface area contributed by atoms with Crippen LogP contribution in [0.15, 0.2) is 35.3 Å². The zero-order valence-corrected chi connectivity index (χ0v) is 15.4. The highest BCUT2D eigenvalue weighted by molar-refractivity contribution is 6.18. The van der Waals surface area contributed by atoms with E-state index in [9.17, 15) is 4.79 Å². The average molecular weight is 359 g/mol. The van der Waals surface area contributed by atoms with E-state index in [2.05, 4.69) is 17.4 Å². The summed E-state index contributed by atoms with van der Waals surface area (Å²) in [5.41, 5.74) is 9.28. The van der Waals surface area contributed by atoms with Crippen molar-refractivity contribution >= 4 is 28.2 Å². The Morgan fingerprint density at radius 1 is 1.00 bits per heavy atom. The number of aliphatic imine (C=N–C) groups is 1. The van der Waals surface area contributed by atoms with Crippen LogP contribution in [-0.2, 0) is 6.42 Å². The van der Waals surface area contributed by atoms with E-state index in [1.54, 1.807) is 0 Å². The molecule has 0 saturated heterocycles. The van der Waals surface area contributed by atoms with Gasteiger partial charge in [0.15, 0.2) is 11.7 Å². The molecule has 4 heteroatoms. The van der Waals surface area contributed by atoms with Crippen LogP contribution in [0.5, 0.6) is 0 Å². The molecule has 7 rings (SSSR count). The van der Waals surface area contributed by atoms with E-state index in [0.717, 1.165) is 51.3 Å². The highest BCUT2D eigenvalue weighted by atomic mass is 16.1. The number of Topliss-reactive ketones (excluding diaryl/α,β-unsaturated/α-hetero) is 1. The number of carbonyl (C=O) groups excluding carboxylic acids is 1. The van der Waals surface area contributed by atoms with Crippen LogP contribution in [-0.4, -0.2) is 17.8 Å². The number of ketones is 1. The molecule has 0 heterocycles. The molecular weight excluding hydrogens is 334 g/mol. The number of rotatable bonds is 2. The molecule has 0 spiro atoms. The summed E-state index contributed by atoms with van der Waals surface area (Å²) in [7, 11) is 0. The first-order chi connectivity index (χ1) is 13.2. The van der Waals surface area contributed by atoms with E-state index in [1.807, 2.05) is 18.2 Å². The van der Waals surface area contributed by atoms with Crippen molar-refractivity contribution in [3.05, 3.63) is 41.5 Å². The summed E-state index contributed by atoms with van der Waals surface area (Å²) in [5, 5.41) is 5.50. The number of carbonyl (C=O) groups is 1. The summed E-state index contributed by atoms with van der Waals surface area (Å²) < 4.78 is 0. The van der Waals surface area contributed by atoms with Crippen LogP contribution in [0.2, 0.25) is 0 Å². The van der Waals surface area contributed by atoms with Gasteiger partial charge >= 0.3 is 0 Å². The van der Waals surface area contributed by atoms with E-state index in [-0.39, 0.29) is 5.78 Å². The molecule has 3 N–H and O–H groups in total. The van der Waals surface area contributed by atoms with E-state index < -0.39 is 0 Å². The number of nitrogens with one attached hydrogen (secondary N) is 1. The van der Waals surface area contributed by atoms with Crippen molar-refractivity contribution in [1.29, 1.82) is 0 Å². The van der Waals surface area contributed by atoms with Gasteiger partial charge < -0.3 is 11.1 Å². The van der Waals surface area contributed by atoms with Crippen molar-refractivity contribution in [2.75, 3.05) is 5.32 Å². The van der Waals surface area contributed by atoms with Gasteiger partial charge in [0.25, 0.3) is 0 Å². The summed E-state index contributed by atoms with van der Waals surface area (Å²) in [6, 6.07) is 10.4.